The minimum Gasteiger partial charge on any atom is -0.465 e. The van der Waals surface area contributed by atoms with Gasteiger partial charge in [-0.3, -0.25) is 0 Å². The van der Waals surface area contributed by atoms with E-state index in [0.717, 1.165) is 0 Å². The fraction of sp³-hybridized carbons (Fsp3) is 0.0909. The molecule has 0 spiro atoms. The first-order chi connectivity index (χ1) is 9.02. The highest BCUT2D eigenvalue weighted by molar-refractivity contribution is 6.33. The molecule has 94 valence electrons. The molecule has 0 aliphatic heterocycles. The maximum Gasteiger partial charge on any atom is 0.337 e. The van der Waals surface area contributed by atoms with E-state index in [0.29, 0.717) is 11.1 Å². The number of rotatable bonds is 3. The molecule has 2 rings (SSSR count). The van der Waals surface area contributed by atoms with Crippen LogP contribution >= 0.6 is 0 Å². The summed E-state index contributed by atoms with van der Waals surface area (Å²) in [6.45, 7) is 0. The van der Waals surface area contributed by atoms with Crippen molar-refractivity contribution in [3.63, 3.8) is 0 Å². The van der Waals surface area contributed by atoms with Crippen molar-refractivity contribution in [2.24, 2.45) is 0 Å². The van der Waals surface area contributed by atoms with E-state index in [4.69, 9.17) is 7.85 Å². The summed E-state index contributed by atoms with van der Waals surface area (Å²) in [6, 6.07) is 6.25. The maximum atomic E-state index is 11.3. The minimum absolute atomic E-state index is 0.183. The Balaban J connectivity index is 2.35. The number of benzene rings is 1. The lowest BCUT2D eigenvalue weighted by Crippen LogP contribution is -2.08. The van der Waals surface area contributed by atoms with Crippen molar-refractivity contribution >= 4 is 25.2 Å². The fourth-order valence-electron chi connectivity index (χ4n) is 1.54. The first-order valence-corrected chi connectivity index (χ1v) is 5.21. The molecule has 0 saturated carbocycles. The maximum absolute atomic E-state index is 11.3. The Morgan fingerprint density at radius 2 is 2.05 bits per heavy atom. The Morgan fingerprint density at radius 1 is 1.42 bits per heavy atom. The fourth-order valence-corrected chi connectivity index (χ4v) is 1.54. The van der Waals surface area contributed by atoms with Crippen LogP contribution in [0.25, 0.3) is 11.4 Å². The predicted molar refractivity (Wildman–Crippen MR) is 67.4 cm³/mol. The zero-order valence-electron chi connectivity index (χ0n) is 9.91. The average molecular weight is 257 g/mol. The Kier molecular flexibility index (Phi) is 3.32. The van der Waals surface area contributed by atoms with Crippen LogP contribution in [0, 0.1) is 10.1 Å². The van der Waals surface area contributed by atoms with Gasteiger partial charge < -0.3 is 14.9 Å². The van der Waals surface area contributed by atoms with Crippen LogP contribution in [-0.2, 0) is 4.74 Å². The molecule has 2 aromatic rings. The first kappa shape index (κ1) is 12.8. The van der Waals surface area contributed by atoms with Gasteiger partial charge in [-0.15, -0.1) is 0 Å². The quantitative estimate of drug-likeness (QED) is 0.375. The van der Waals surface area contributed by atoms with Crippen molar-refractivity contribution in [2.45, 2.75) is 0 Å². The summed E-state index contributed by atoms with van der Waals surface area (Å²) >= 11 is 0. The summed E-state index contributed by atoms with van der Waals surface area (Å²) in [5.41, 5.74) is 0.768. The Morgan fingerprint density at radius 3 is 2.53 bits per heavy atom. The third-order valence-electron chi connectivity index (χ3n) is 2.47. The summed E-state index contributed by atoms with van der Waals surface area (Å²) in [7, 11) is 6.71. The van der Waals surface area contributed by atoms with E-state index in [1.165, 1.54) is 19.2 Å². The van der Waals surface area contributed by atoms with Gasteiger partial charge in [0.2, 0.25) is 5.82 Å². The average Bonchev–Trinajstić information content (AvgIpc) is 2.80. The van der Waals surface area contributed by atoms with Gasteiger partial charge in [-0.25, -0.2) is 14.8 Å². The molecule has 1 N–H and O–H groups in total. The predicted octanol–water partition coefficient (Wildman–Crippen LogP) is 0.565. The summed E-state index contributed by atoms with van der Waals surface area (Å²) < 4.78 is 4.56. The van der Waals surface area contributed by atoms with Gasteiger partial charge in [-0.2, -0.15) is 0 Å². The molecule has 0 saturated heterocycles. The molecule has 8 heteroatoms. The number of esters is 1. The lowest BCUT2D eigenvalue weighted by Gasteiger charge is -1.99. The van der Waals surface area contributed by atoms with Gasteiger partial charge in [-0.1, -0.05) is 0 Å². The van der Waals surface area contributed by atoms with Gasteiger partial charge >= 0.3 is 11.8 Å². The van der Waals surface area contributed by atoms with Crippen LogP contribution in [0.1, 0.15) is 10.4 Å². The largest absolute Gasteiger partial charge is 0.465 e. The standard InChI is InChI=1S/C11H8BN3O4/c1-19-11(16)7-4-2-6(3-5-7)9-13-8(12)10(14-9)15(17)18/h2-5H,1H3,(H,13,14). The minimum atomic E-state index is -0.644. The number of aromatic nitrogens is 2. The smallest absolute Gasteiger partial charge is 0.337 e. The highest BCUT2D eigenvalue weighted by atomic mass is 16.6. The number of carbonyl (C=O) groups is 1. The van der Waals surface area contributed by atoms with E-state index in [2.05, 4.69) is 14.7 Å². The molecule has 1 aromatic heterocycles. The van der Waals surface area contributed by atoms with Crippen LogP contribution in [0.2, 0.25) is 0 Å². The number of nitrogens with one attached hydrogen (secondary N) is 1. The molecule has 19 heavy (non-hydrogen) atoms. The van der Waals surface area contributed by atoms with E-state index >= 15 is 0 Å². The van der Waals surface area contributed by atoms with Gasteiger partial charge in [0.1, 0.15) is 0 Å². The molecule has 0 atom stereocenters. The van der Waals surface area contributed by atoms with Crippen LogP contribution in [0.4, 0.5) is 5.82 Å². The molecule has 2 radical (unpaired) electrons. The second-order valence-electron chi connectivity index (χ2n) is 3.65. The molecule has 0 aliphatic rings. The lowest BCUT2D eigenvalue weighted by atomic mass is 10.1. The Hall–Kier alpha value is -2.64. The van der Waals surface area contributed by atoms with Crippen molar-refractivity contribution in [1.29, 1.82) is 0 Å². The number of hydrogen-bond donors (Lipinski definition) is 1. The zero-order chi connectivity index (χ0) is 14.0. The van der Waals surface area contributed by atoms with Crippen LogP contribution < -0.4 is 5.59 Å². The second kappa shape index (κ2) is 4.93. The molecular weight excluding hydrogens is 249 g/mol. The number of imidazole rings is 1. The van der Waals surface area contributed by atoms with E-state index in [1.807, 2.05) is 0 Å². The lowest BCUT2D eigenvalue weighted by molar-refractivity contribution is -0.387. The number of carbonyl (C=O) groups excluding carboxylic acids is 1. The van der Waals surface area contributed by atoms with Gasteiger partial charge in [0, 0.05) is 5.56 Å². The summed E-state index contributed by atoms with van der Waals surface area (Å²) in [6.07, 6.45) is 0. The molecule has 0 unspecified atom stereocenters. The number of hydrogen-bond acceptors (Lipinski definition) is 5. The van der Waals surface area contributed by atoms with Gasteiger partial charge in [0.15, 0.2) is 7.85 Å². The van der Waals surface area contributed by atoms with Crippen molar-refractivity contribution in [2.75, 3.05) is 7.11 Å². The van der Waals surface area contributed by atoms with E-state index < -0.39 is 10.9 Å². The van der Waals surface area contributed by atoms with Gasteiger partial charge in [-0.05, 0) is 29.2 Å². The third kappa shape index (κ3) is 2.47. The highest BCUT2D eigenvalue weighted by Gasteiger charge is 2.17. The van der Waals surface area contributed by atoms with Gasteiger partial charge in [0.05, 0.1) is 18.3 Å². The summed E-state index contributed by atoms with van der Waals surface area (Å²) in [5.74, 6) is -0.552. The molecule has 0 bridgehead atoms. The topological polar surface area (TPSA) is 98.1 Å². The zero-order valence-corrected chi connectivity index (χ0v) is 9.91. The SMILES string of the molecule is [B]c1nc(-c2ccc(C(=O)OC)cc2)[nH]c1[N+](=O)[O-]. The molecule has 1 aromatic carbocycles. The van der Waals surface area contributed by atoms with Crippen molar-refractivity contribution in [3.8, 4) is 11.4 Å². The van der Waals surface area contributed by atoms with E-state index in [-0.39, 0.29) is 17.2 Å². The second-order valence-corrected chi connectivity index (χ2v) is 3.65. The Bertz CT molecular complexity index is 636. The van der Waals surface area contributed by atoms with Crippen molar-refractivity contribution < 1.29 is 14.5 Å². The number of methoxy groups -OCH3 is 1. The molecule has 0 amide bonds. The van der Waals surface area contributed by atoms with Crippen LogP contribution in [0.5, 0.6) is 0 Å². The van der Waals surface area contributed by atoms with E-state index in [9.17, 15) is 14.9 Å². The molecule has 0 aliphatic carbocycles. The third-order valence-corrected chi connectivity index (χ3v) is 2.47. The van der Waals surface area contributed by atoms with Crippen LogP contribution in [-0.4, -0.2) is 35.8 Å². The normalized spacial score (nSPS) is 10.2. The molecular formula is C11H8BN3O4. The number of nitrogens with zero attached hydrogens (tertiary/aromatic N) is 2. The summed E-state index contributed by atoms with van der Waals surface area (Å²) in [4.78, 5) is 27.6. The molecule has 7 nitrogen and oxygen atoms in total. The van der Waals surface area contributed by atoms with E-state index in [1.54, 1.807) is 12.1 Å². The molecule has 1 heterocycles. The number of H-pyrrole nitrogens is 1. The van der Waals surface area contributed by atoms with Crippen molar-refractivity contribution in [1.82, 2.24) is 9.97 Å². The number of aromatic amines is 1. The number of ether oxygens (including phenoxy) is 1. The van der Waals surface area contributed by atoms with Crippen molar-refractivity contribution in [3.05, 3.63) is 39.9 Å². The summed E-state index contributed by atoms with van der Waals surface area (Å²) in [5, 5.41) is 10.6. The van der Waals surface area contributed by atoms with Crippen LogP contribution in [0.15, 0.2) is 24.3 Å². The highest BCUT2D eigenvalue weighted by Crippen LogP contribution is 2.18. The number of nitro groups is 1. The monoisotopic (exact) mass is 257 g/mol. The van der Waals surface area contributed by atoms with Gasteiger partial charge in [0.25, 0.3) is 0 Å². The molecule has 0 fully saturated rings. The van der Waals surface area contributed by atoms with Crippen LogP contribution in [0.3, 0.4) is 0 Å². The first-order valence-electron chi connectivity index (χ1n) is 5.21. The Labute approximate surface area is 109 Å².